The molecule has 0 radical (unpaired) electrons. The molecular weight excluding hydrogens is 426 g/mol. The highest BCUT2D eigenvalue weighted by molar-refractivity contribution is 7.18. The Kier molecular flexibility index (Phi) is 5.79. The first-order valence-electron chi connectivity index (χ1n) is 11.9. The molecule has 0 saturated carbocycles. The number of thiazole rings is 1. The molecule has 0 spiro atoms. The Hall–Kier alpha value is -2.99. The van der Waals surface area contributed by atoms with Crippen LogP contribution in [0, 0.1) is 12.8 Å². The minimum Gasteiger partial charge on any atom is -0.382 e. The number of nitrogens with two attached hydrogens (primary N) is 1. The van der Waals surface area contributed by atoms with Crippen LogP contribution in [0.5, 0.6) is 0 Å². The predicted octanol–water partition coefficient (Wildman–Crippen LogP) is 6.48. The molecule has 0 aliphatic heterocycles. The number of aryl methyl sites for hydroxylation is 4. The first-order valence-corrected chi connectivity index (χ1v) is 12.7. The van der Waals surface area contributed by atoms with Crippen molar-refractivity contribution >= 4 is 49.3 Å². The Balaban J connectivity index is 1.50. The van der Waals surface area contributed by atoms with Crippen molar-refractivity contribution < 1.29 is 0 Å². The molecule has 0 atom stereocenters. The summed E-state index contributed by atoms with van der Waals surface area (Å²) < 4.78 is 3.63. The highest BCUT2D eigenvalue weighted by Gasteiger charge is 2.18. The van der Waals surface area contributed by atoms with E-state index in [0.29, 0.717) is 11.7 Å². The van der Waals surface area contributed by atoms with Crippen LogP contribution in [0.2, 0.25) is 0 Å². The predicted molar refractivity (Wildman–Crippen MR) is 140 cm³/mol. The maximum atomic E-state index is 6.41. The van der Waals surface area contributed by atoms with Gasteiger partial charge in [-0.1, -0.05) is 39.0 Å². The van der Waals surface area contributed by atoms with E-state index in [-0.39, 0.29) is 0 Å². The summed E-state index contributed by atoms with van der Waals surface area (Å²) in [7, 11) is 0. The third-order valence-electron chi connectivity index (χ3n) is 6.13. The largest absolute Gasteiger partial charge is 0.382 e. The van der Waals surface area contributed by atoms with Gasteiger partial charge in [-0.3, -0.25) is 0 Å². The maximum absolute atomic E-state index is 6.41. The van der Waals surface area contributed by atoms with E-state index in [1.165, 1.54) is 15.8 Å². The van der Waals surface area contributed by atoms with Crippen molar-refractivity contribution in [2.24, 2.45) is 5.92 Å². The zero-order valence-electron chi connectivity index (χ0n) is 19.9. The molecule has 6 heteroatoms. The molecule has 170 valence electrons. The lowest BCUT2D eigenvalue weighted by Gasteiger charge is -2.13. The second-order valence-corrected chi connectivity index (χ2v) is 10.6. The highest BCUT2D eigenvalue weighted by atomic mass is 32.1. The zero-order valence-corrected chi connectivity index (χ0v) is 20.7. The lowest BCUT2D eigenvalue weighted by Crippen LogP contribution is -2.09. The minimum absolute atomic E-state index is 0.527. The molecule has 2 aromatic carbocycles. The van der Waals surface area contributed by atoms with Crippen LogP contribution in [-0.2, 0) is 25.8 Å². The Morgan fingerprint density at radius 3 is 2.39 bits per heavy atom. The Bertz CT molecular complexity index is 1460. The third kappa shape index (κ3) is 4.20. The average molecular weight is 458 g/mol. The number of hydrogen-bond acceptors (Lipinski definition) is 5. The van der Waals surface area contributed by atoms with Crippen LogP contribution < -0.4 is 5.73 Å². The second kappa shape index (κ2) is 8.75. The van der Waals surface area contributed by atoms with E-state index in [9.17, 15) is 0 Å². The maximum Gasteiger partial charge on any atom is 0.152 e. The van der Waals surface area contributed by atoms with Gasteiger partial charge in [-0.05, 0) is 61.4 Å². The van der Waals surface area contributed by atoms with Crippen molar-refractivity contribution in [3.8, 4) is 0 Å². The SMILES string of the molecule is CCCc1nc2c(N)nc3cc(CCc4ccc5sc(C)nc5c4)ccc3c2n1CC(C)C. The number of benzene rings is 2. The van der Waals surface area contributed by atoms with Gasteiger partial charge in [0.05, 0.1) is 26.3 Å². The third-order valence-corrected chi connectivity index (χ3v) is 7.08. The van der Waals surface area contributed by atoms with Crippen LogP contribution in [0.3, 0.4) is 0 Å². The van der Waals surface area contributed by atoms with Crippen LogP contribution in [0.1, 0.15) is 49.2 Å². The van der Waals surface area contributed by atoms with Crippen LogP contribution in [0.4, 0.5) is 5.82 Å². The molecule has 5 aromatic rings. The average Bonchev–Trinajstić information content (AvgIpc) is 3.32. The first-order chi connectivity index (χ1) is 15.9. The van der Waals surface area contributed by atoms with Crippen molar-refractivity contribution in [1.82, 2.24) is 19.5 Å². The standard InChI is InChI=1S/C27H31N5S/c1-5-6-24-31-25-26(32(24)15-16(2)3)20-11-9-18(13-21(20)30-27(25)28)7-8-19-10-12-23-22(14-19)29-17(4)33-23/h9-14,16H,5-8,15H2,1-4H3,(H2,28,30). The molecular formula is C27H31N5S. The van der Waals surface area contributed by atoms with Gasteiger partial charge in [-0.25, -0.2) is 15.0 Å². The van der Waals surface area contributed by atoms with Gasteiger partial charge in [-0.15, -0.1) is 11.3 Å². The van der Waals surface area contributed by atoms with Gasteiger partial charge in [0.15, 0.2) is 5.82 Å². The van der Waals surface area contributed by atoms with E-state index < -0.39 is 0 Å². The van der Waals surface area contributed by atoms with E-state index in [0.717, 1.165) is 70.5 Å². The van der Waals surface area contributed by atoms with Crippen LogP contribution in [0.15, 0.2) is 36.4 Å². The number of pyridine rings is 1. The molecule has 0 aliphatic rings. The molecule has 0 amide bonds. The Labute approximate surface area is 198 Å². The van der Waals surface area contributed by atoms with E-state index in [1.807, 2.05) is 0 Å². The molecule has 2 N–H and O–H groups in total. The van der Waals surface area contributed by atoms with E-state index in [4.69, 9.17) is 15.7 Å². The summed E-state index contributed by atoms with van der Waals surface area (Å²) in [4.78, 5) is 14.3. The van der Waals surface area contributed by atoms with Gasteiger partial charge in [0.2, 0.25) is 0 Å². The van der Waals surface area contributed by atoms with Crippen LogP contribution >= 0.6 is 11.3 Å². The molecule has 5 nitrogen and oxygen atoms in total. The van der Waals surface area contributed by atoms with Gasteiger partial charge in [-0.2, -0.15) is 0 Å². The number of nitrogen functional groups attached to an aromatic ring is 1. The second-order valence-electron chi connectivity index (χ2n) is 9.36. The van der Waals surface area contributed by atoms with Gasteiger partial charge in [0, 0.05) is 18.4 Å². The van der Waals surface area contributed by atoms with Gasteiger partial charge >= 0.3 is 0 Å². The normalized spacial score (nSPS) is 12.0. The summed E-state index contributed by atoms with van der Waals surface area (Å²) in [5.74, 6) is 2.17. The number of rotatable bonds is 7. The summed E-state index contributed by atoms with van der Waals surface area (Å²) in [5, 5.41) is 2.25. The van der Waals surface area contributed by atoms with E-state index in [2.05, 4.69) is 73.6 Å². The number of anilines is 1. The molecule has 0 bridgehead atoms. The quantitative estimate of drug-likeness (QED) is 0.304. The van der Waals surface area contributed by atoms with Gasteiger partial charge < -0.3 is 10.3 Å². The number of hydrogen-bond donors (Lipinski definition) is 1. The van der Waals surface area contributed by atoms with Crippen molar-refractivity contribution in [1.29, 1.82) is 0 Å². The molecule has 33 heavy (non-hydrogen) atoms. The van der Waals surface area contributed by atoms with E-state index in [1.54, 1.807) is 11.3 Å². The van der Waals surface area contributed by atoms with Crippen molar-refractivity contribution in [2.45, 2.75) is 59.9 Å². The monoisotopic (exact) mass is 457 g/mol. The summed E-state index contributed by atoms with van der Waals surface area (Å²) >= 11 is 1.75. The number of nitrogens with zero attached hydrogens (tertiary/aromatic N) is 4. The van der Waals surface area contributed by atoms with Crippen LogP contribution in [-0.4, -0.2) is 19.5 Å². The summed E-state index contributed by atoms with van der Waals surface area (Å²) in [5.41, 5.74) is 13.0. The van der Waals surface area contributed by atoms with Crippen LogP contribution in [0.25, 0.3) is 32.2 Å². The van der Waals surface area contributed by atoms with Gasteiger partial charge in [0.25, 0.3) is 0 Å². The lowest BCUT2D eigenvalue weighted by molar-refractivity contribution is 0.516. The molecule has 0 saturated heterocycles. The molecule has 0 unspecified atom stereocenters. The lowest BCUT2D eigenvalue weighted by atomic mass is 10.0. The number of imidazole rings is 1. The van der Waals surface area contributed by atoms with Crippen molar-refractivity contribution in [2.75, 3.05) is 5.73 Å². The fourth-order valence-electron chi connectivity index (χ4n) is 4.67. The molecule has 3 heterocycles. The molecule has 5 rings (SSSR count). The number of fused-ring (bicyclic) bond motifs is 4. The fraction of sp³-hybridized carbons (Fsp3) is 0.370. The summed E-state index contributed by atoms with van der Waals surface area (Å²) in [6.07, 6.45) is 3.94. The smallest absolute Gasteiger partial charge is 0.152 e. The van der Waals surface area contributed by atoms with Crippen molar-refractivity contribution in [3.05, 3.63) is 58.4 Å². The number of aromatic nitrogens is 4. The Morgan fingerprint density at radius 1 is 0.939 bits per heavy atom. The van der Waals surface area contributed by atoms with Crippen molar-refractivity contribution in [3.63, 3.8) is 0 Å². The summed E-state index contributed by atoms with van der Waals surface area (Å²) in [6.45, 7) is 9.68. The van der Waals surface area contributed by atoms with E-state index >= 15 is 0 Å². The topological polar surface area (TPSA) is 69.6 Å². The molecule has 3 aromatic heterocycles. The minimum atomic E-state index is 0.527. The molecule has 0 fully saturated rings. The van der Waals surface area contributed by atoms with Gasteiger partial charge in [0.1, 0.15) is 11.3 Å². The summed E-state index contributed by atoms with van der Waals surface area (Å²) in [6, 6.07) is 13.3. The Morgan fingerprint density at radius 2 is 1.67 bits per heavy atom. The zero-order chi connectivity index (χ0) is 23.1. The first kappa shape index (κ1) is 21.8. The molecule has 0 aliphatic carbocycles. The highest BCUT2D eigenvalue weighted by Crippen LogP contribution is 2.31. The fourth-order valence-corrected chi connectivity index (χ4v) is 5.48.